The van der Waals surface area contributed by atoms with Gasteiger partial charge in [-0.15, -0.1) is 0 Å². The van der Waals surface area contributed by atoms with Gasteiger partial charge in [0.1, 0.15) is 11.5 Å². The van der Waals surface area contributed by atoms with Crippen LogP contribution in [-0.4, -0.2) is 23.9 Å². The van der Waals surface area contributed by atoms with E-state index in [9.17, 15) is 14.7 Å². The molecule has 1 heterocycles. The average Bonchev–Trinajstić information content (AvgIpc) is 3.04. The molecule has 1 aliphatic rings. The van der Waals surface area contributed by atoms with E-state index < -0.39 is 17.7 Å². The van der Waals surface area contributed by atoms with Crippen LogP contribution in [0.4, 0.5) is 5.69 Å². The van der Waals surface area contributed by atoms with Crippen molar-refractivity contribution in [2.75, 3.05) is 12.0 Å². The van der Waals surface area contributed by atoms with Gasteiger partial charge in [0, 0.05) is 10.7 Å². The Kier molecular flexibility index (Phi) is 5.76. The summed E-state index contributed by atoms with van der Waals surface area (Å²) in [5.41, 5.74) is 3.46. The number of hydrogen-bond acceptors (Lipinski definition) is 4. The molecule has 1 saturated heterocycles. The number of aliphatic hydroxyl groups is 1. The quantitative estimate of drug-likeness (QED) is 0.321. The first-order chi connectivity index (χ1) is 15.3. The summed E-state index contributed by atoms with van der Waals surface area (Å²) in [5.74, 6) is -1.45. The van der Waals surface area contributed by atoms with Gasteiger partial charge in [0.15, 0.2) is 0 Å². The van der Waals surface area contributed by atoms with Gasteiger partial charge in [-0.2, -0.15) is 0 Å². The third-order valence-electron chi connectivity index (χ3n) is 5.46. The number of anilines is 1. The lowest BCUT2D eigenvalue weighted by Crippen LogP contribution is -2.29. The average molecular weight is 448 g/mol. The van der Waals surface area contributed by atoms with Crippen molar-refractivity contribution in [3.63, 3.8) is 0 Å². The maximum Gasteiger partial charge on any atom is 0.300 e. The Morgan fingerprint density at radius 3 is 2.25 bits per heavy atom. The van der Waals surface area contributed by atoms with E-state index in [1.807, 2.05) is 62.4 Å². The van der Waals surface area contributed by atoms with Crippen LogP contribution >= 0.6 is 11.6 Å². The molecular weight excluding hydrogens is 426 g/mol. The Morgan fingerprint density at radius 1 is 0.969 bits per heavy atom. The van der Waals surface area contributed by atoms with Gasteiger partial charge in [0.25, 0.3) is 11.7 Å². The Bertz CT molecular complexity index is 1230. The summed E-state index contributed by atoms with van der Waals surface area (Å²) in [7, 11) is 1.46. The maximum absolute atomic E-state index is 13.3. The van der Waals surface area contributed by atoms with Crippen LogP contribution in [0.15, 0.2) is 72.3 Å². The van der Waals surface area contributed by atoms with Crippen LogP contribution < -0.4 is 9.64 Å². The number of hydrogen-bond donors (Lipinski definition) is 1. The highest BCUT2D eigenvalue weighted by atomic mass is 35.5. The highest BCUT2D eigenvalue weighted by Crippen LogP contribution is 2.43. The number of aryl methyl sites for hydroxylation is 2. The molecule has 0 saturated carbocycles. The summed E-state index contributed by atoms with van der Waals surface area (Å²) in [6.45, 7) is 3.86. The number of halogens is 1. The first-order valence-electron chi connectivity index (χ1n) is 10.1. The molecule has 4 rings (SSSR count). The number of amides is 1. The summed E-state index contributed by atoms with van der Waals surface area (Å²) in [6, 6.07) is 18.8. The number of aliphatic hydroxyl groups excluding tert-OH is 1. The van der Waals surface area contributed by atoms with Crippen molar-refractivity contribution in [1.29, 1.82) is 0 Å². The maximum atomic E-state index is 13.3. The summed E-state index contributed by atoms with van der Waals surface area (Å²) >= 11 is 6.15. The van der Waals surface area contributed by atoms with Crippen LogP contribution in [-0.2, 0) is 9.59 Å². The third-order valence-corrected chi connectivity index (χ3v) is 5.70. The van der Waals surface area contributed by atoms with Crippen molar-refractivity contribution >= 4 is 34.7 Å². The largest absolute Gasteiger partial charge is 0.507 e. The molecule has 5 nitrogen and oxygen atoms in total. The molecule has 0 radical (unpaired) electrons. The van der Waals surface area contributed by atoms with Crippen LogP contribution in [0.5, 0.6) is 5.75 Å². The zero-order chi connectivity index (χ0) is 23.0. The van der Waals surface area contributed by atoms with Crippen LogP contribution in [0, 0.1) is 13.8 Å². The standard InChI is InChI=1S/C26H22ClNO4/c1-15-11-16(2)13-19(12-15)28-23(17-7-5-4-6-8-17)22(25(30)26(28)31)24(29)20-14-18(27)9-10-21(20)32-3/h4-14,23,29H,1-3H3/b24-22+. The molecule has 0 aliphatic carbocycles. The van der Waals surface area contributed by atoms with Gasteiger partial charge >= 0.3 is 0 Å². The van der Waals surface area contributed by atoms with Crippen molar-refractivity contribution in [3.8, 4) is 5.75 Å². The molecular formula is C26H22ClNO4. The number of ether oxygens (including phenoxy) is 1. The highest BCUT2D eigenvalue weighted by molar-refractivity contribution is 6.51. The monoisotopic (exact) mass is 447 g/mol. The number of ketones is 1. The molecule has 0 aromatic heterocycles. The SMILES string of the molecule is COc1ccc(Cl)cc1/C(O)=C1\C(=O)C(=O)N(c2cc(C)cc(C)c2)C1c1ccccc1. The molecule has 3 aromatic carbocycles. The Morgan fingerprint density at radius 2 is 1.62 bits per heavy atom. The normalized spacial score (nSPS) is 17.6. The fourth-order valence-electron chi connectivity index (χ4n) is 4.15. The minimum absolute atomic E-state index is 0.0130. The summed E-state index contributed by atoms with van der Waals surface area (Å²) in [4.78, 5) is 28.0. The first-order valence-corrected chi connectivity index (χ1v) is 10.5. The first kappa shape index (κ1) is 21.7. The number of benzene rings is 3. The number of methoxy groups -OCH3 is 1. The van der Waals surface area contributed by atoms with Crippen LogP contribution in [0.1, 0.15) is 28.3 Å². The molecule has 1 unspecified atom stereocenters. The van der Waals surface area contributed by atoms with Crippen molar-refractivity contribution in [2.45, 2.75) is 19.9 Å². The lowest BCUT2D eigenvalue weighted by atomic mass is 9.94. The molecule has 1 amide bonds. The topological polar surface area (TPSA) is 66.8 Å². The van der Waals surface area contributed by atoms with E-state index >= 15 is 0 Å². The van der Waals surface area contributed by atoms with Gasteiger partial charge < -0.3 is 9.84 Å². The number of carbonyl (C=O) groups excluding carboxylic acids is 2. The van der Waals surface area contributed by atoms with Gasteiger partial charge in [-0.1, -0.05) is 48.0 Å². The predicted octanol–water partition coefficient (Wildman–Crippen LogP) is 5.59. The molecule has 162 valence electrons. The predicted molar refractivity (Wildman–Crippen MR) is 125 cm³/mol. The van der Waals surface area contributed by atoms with Crippen molar-refractivity contribution < 1.29 is 19.4 Å². The summed E-state index contributed by atoms with van der Waals surface area (Å²) < 4.78 is 5.36. The highest BCUT2D eigenvalue weighted by Gasteiger charge is 2.47. The number of nitrogens with zero attached hydrogens (tertiary/aromatic N) is 1. The fourth-order valence-corrected chi connectivity index (χ4v) is 4.32. The lowest BCUT2D eigenvalue weighted by molar-refractivity contribution is -0.132. The van der Waals surface area contributed by atoms with Crippen molar-refractivity contribution in [2.24, 2.45) is 0 Å². The Balaban J connectivity index is 2.00. The van der Waals surface area contributed by atoms with Gasteiger partial charge in [-0.3, -0.25) is 14.5 Å². The number of Topliss-reactive ketones (excluding diaryl/α,β-unsaturated/α-hetero) is 1. The molecule has 0 spiro atoms. The second kappa shape index (κ2) is 8.52. The van der Waals surface area contributed by atoms with E-state index in [0.717, 1.165) is 11.1 Å². The minimum Gasteiger partial charge on any atom is -0.507 e. The van der Waals surface area contributed by atoms with Crippen LogP contribution in [0.2, 0.25) is 5.02 Å². The van der Waals surface area contributed by atoms with E-state index in [4.69, 9.17) is 16.3 Å². The smallest absolute Gasteiger partial charge is 0.300 e. The summed E-state index contributed by atoms with van der Waals surface area (Å²) in [6.07, 6.45) is 0. The van der Waals surface area contributed by atoms with Gasteiger partial charge in [0.2, 0.25) is 0 Å². The lowest BCUT2D eigenvalue weighted by Gasteiger charge is -2.26. The molecule has 3 aromatic rings. The van der Waals surface area contributed by atoms with Gasteiger partial charge in [0.05, 0.1) is 24.3 Å². The molecule has 1 fully saturated rings. The number of rotatable bonds is 4. The van der Waals surface area contributed by atoms with E-state index in [2.05, 4.69) is 0 Å². The van der Waals surface area contributed by atoms with Crippen molar-refractivity contribution in [1.82, 2.24) is 0 Å². The van der Waals surface area contributed by atoms with Gasteiger partial charge in [-0.05, 0) is 60.9 Å². The second-order valence-electron chi connectivity index (χ2n) is 7.77. The van der Waals surface area contributed by atoms with E-state index in [1.54, 1.807) is 12.1 Å². The molecule has 32 heavy (non-hydrogen) atoms. The van der Waals surface area contributed by atoms with E-state index in [-0.39, 0.29) is 16.9 Å². The third kappa shape index (κ3) is 3.76. The van der Waals surface area contributed by atoms with Crippen LogP contribution in [0.25, 0.3) is 5.76 Å². The zero-order valence-corrected chi connectivity index (χ0v) is 18.7. The summed E-state index contributed by atoms with van der Waals surface area (Å²) in [5, 5.41) is 11.7. The second-order valence-corrected chi connectivity index (χ2v) is 8.21. The molecule has 1 aliphatic heterocycles. The minimum atomic E-state index is -0.805. The Labute approximate surface area is 191 Å². The fraction of sp³-hybridized carbons (Fsp3) is 0.154. The molecule has 6 heteroatoms. The van der Waals surface area contributed by atoms with E-state index in [1.165, 1.54) is 18.1 Å². The van der Waals surface area contributed by atoms with Crippen LogP contribution in [0.3, 0.4) is 0 Å². The number of carbonyl (C=O) groups is 2. The van der Waals surface area contributed by atoms with E-state index in [0.29, 0.717) is 22.0 Å². The zero-order valence-electron chi connectivity index (χ0n) is 17.9. The Hall–Kier alpha value is -3.57. The molecule has 1 N–H and O–H groups in total. The molecule has 1 atom stereocenters. The van der Waals surface area contributed by atoms with Gasteiger partial charge in [-0.25, -0.2) is 0 Å². The van der Waals surface area contributed by atoms with Crippen molar-refractivity contribution in [3.05, 3.63) is 99.6 Å². The molecule has 0 bridgehead atoms.